The highest BCUT2D eigenvalue weighted by Crippen LogP contribution is 2.33. The maximum Gasteiger partial charge on any atom is 0.248 e. The molecule has 7 heteroatoms. The van der Waals surface area contributed by atoms with E-state index in [1.165, 1.54) is 4.80 Å². The summed E-state index contributed by atoms with van der Waals surface area (Å²) in [5, 5.41) is 15.4. The summed E-state index contributed by atoms with van der Waals surface area (Å²) in [6.45, 7) is 1.98. The van der Waals surface area contributed by atoms with Crippen LogP contribution in [0, 0.1) is 6.92 Å². The van der Waals surface area contributed by atoms with Gasteiger partial charge >= 0.3 is 0 Å². The third-order valence-corrected chi connectivity index (χ3v) is 5.34. The van der Waals surface area contributed by atoms with Gasteiger partial charge in [-0.2, -0.15) is 4.80 Å². The summed E-state index contributed by atoms with van der Waals surface area (Å²) in [6, 6.07) is 25.6. The van der Waals surface area contributed by atoms with Crippen molar-refractivity contribution >= 4 is 23.4 Å². The molecule has 1 N–H and O–H groups in total. The molecule has 0 aliphatic carbocycles. The van der Waals surface area contributed by atoms with Gasteiger partial charge in [-0.25, -0.2) is 0 Å². The van der Waals surface area contributed by atoms with Gasteiger partial charge in [-0.1, -0.05) is 66.4 Å². The second-order valence-corrected chi connectivity index (χ2v) is 7.53. The molecule has 29 heavy (non-hydrogen) atoms. The van der Waals surface area contributed by atoms with Crippen molar-refractivity contribution in [1.82, 2.24) is 20.2 Å². The Morgan fingerprint density at radius 3 is 2.52 bits per heavy atom. The van der Waals surface area contributed by atoms with E-state index < -0.39 is 0 Å². The molecule has 0 atom stereocenters. The quantitative estimate of drug-likeness (QED) is 0.517. The second-order valence-electron chi connectivity index (χ2n) is 6.42. The molecule has 1 amide bonds. The Bertz CT molecular complexity index is 1130. The maximum atomic E-state index is 12.6. The van der Waals surface area contributed by atoms with E-state index in [1.807, 2.05) is 85.8 Å². The van der Waals surface area contributed by atoms with Crippen molar-refractivity contribution in [2.24, 2.45) is 0 Å². The molecular weight excluding hydrogens is 382 g/mol. The molecule has 144 valence electrons. The van der Waals surface area contributed by atoms with Gasteiger partial charge in [0.25, 0.3) is 0 Å². The largest absolute Gasteiger partial charge is 0.323 e. The van der Waals surface area contributed by atoms with Crippen LogP contribution in [0.15, 0.2) is 88.7 Å². The van der Waals surface area contributed by atoms with Crippen molar-refractivity contribution in [1.29, 1.82) is 0 Å². The van der Waals surface area contributed by atoms with Crippen molar-refractivity contribution < 1.29 is 4.79 Å². The number of nitrogens with one attached hydrogen (secondary N) is 1. The number of para-hydroxylation sites is 1. The molecule has 1 aromatic heterocycles. The number of benzene rings is 3. The van der Waals surface area contributed by atoms with Gasteiger partial charge in [-0.3, -0.25) is 4.79 Å². The lowest BCUT2D eigenvalue weighted by atomic mass is 10.1. The SMILES string of the molecule is Cc1ccccc1-c1nnn(CC(=O)Nc2ccccc2Sc2ccccc2)n1. The van der Waals surface area contributed by atoms with E-state index in [0.29, 0.717) is 5.82 Å². The normalized spacial score (nSPS) is 10.7. The molecule has 4 rings (SSSR count). The summed E-state index contributed by atoms with van der Waals surface area (Å²) in [4.78, 5) is 15.9. The standard InChI is InChI=1S/C22H19N5OS/c1-16-9-5-6-12-18(16)22-24-26-27(25-22)15-21(28)23-19-13-7-8-14-20(19)29-17-10-3-2-4-11-17/h2-14H,15H2,1H3,(H,23,28). The first-order chi connectivity index (χ1) is 14.2. The van der Waals surface area contributed by atoms with Gasteiger partial charge in [0.05, 0.1) is 5.69 Å². The zero-order valence-electron chi connectivity index (χ0n) is 15.8. The molecule has 6 nitrogen and oxygen atoms in total. The van der Waals surface area contributed by atoms with Gasteiger partial charge < -0.3 is 5.32 Å². The van der Waals surface area contributed by atoms with Crippen LogP contribution in [-0.2, 0) is 11.3 Å². The zero-order chi connectivity index (χ0) is 20.1. The zero-order valence-corrected chi connectivity index (χ0v) is 16.6. The number of aromatic nitrogens is 4. The van der Waals surface area contributed by atoms with Crippen LogP contribution in [0.1, 0.15) is 5.56 Å². The first-order valence-corrected chi connectivity index (χ1v) is 9.96. The number of aryl methyl sites for hydroxylation is 1. The Hall–Kier alpha value is -3.45. The Morgan fingerprint density at radius 2 is 1.69 bits per heavy atom. The molecule has 4 aromatic rings. The van der Waals surface area contributed by atoms with Gasteiger partial charge in [0.15, 0.2) is 0 Å². The highest BCUT2D eigenvalue weighted by atomic mass is 32.2. The second kappa shape index (κ2) is 8.70. The Labute approximate surface area is 173 Å². The van der Waals surface area contributed by atoms with Gasteiger partial charge in [-0.05, 0) is 42.0 Å². The molecule has 0 saturated carbocycles. The van der Waals surface area contributed by atoms with E-state index in [2.05, 4.69) is 20.7 Å². The minimum atomic E-state index is -0.208. The molecule has 0 radical (unpaired) electrons. The lowest BCUT2D eigenvalue weighted by Crippen LogP contribution is -2.20. The minimum Gasteiger partial charge on any atom is -0.323 e. The summed E-state index contributed by atoms with van der Waals surface area (Å²) in [6.07, 6.45) is 0. The average Bonchev–Trinajstić information content (AvgIpc) is 3.18. The van der Waals surface area contributed by atoms with Gasteiger partial charge in [0.1, 0.15) is 6.54 Å². The number of anilines is 1. The van der Waals surface area contributed by atoms with E-state index in [1.54, 1.807) is 11.8 Å². The fourth-order valence-electron chi connectivity index (χ4n) is 2.83. The van der Waals surface area contributed by atoms with Crippen molar-refractivity contribution in [3.8, 4) is 11.4 Å². The smallest absolute Gasteiger partial charge is 0.248 e. The maximum absolute atomic E-state index is 12.6. The summed E-state index contributed by atoms with van der Waals surface area (Å²) in [5.41, 5.74) is 2.72. The van der Waals surface area contributed by atoms with E-state index in [-0.39, 0.29) is 12.5 Å². The number of rotatable bonds is 6. The summed E-state index contributed by atoms with van der Waals surface area (Å²) < 4.78 is 0. The highest BCUT2D eigenvalue weighted by molar-refractivity contribution is 7.99. The first kappa shape index (κ1) is 18.9. The number of nitrogens with zero attached hydrogens (tertiary/aromatic N) is 4. The number of tetrazole rings is 1. The molecule has 0 unspecified atom stereocenters. The Balaban J connectivity index is 1.45. The molecule has 0 bridgehead atoms. The van der Waals surface area contributed by atoms with Crippen molar-refractivity contribution in [2.45, 2.75) is 23.3 Å². The molecule has 0 spiro atoms. The molecule has 3 aromatic carbocycles. The third kappa shape index (κ3) is 4.70. The van der Waals surface area contributed by atoms with E-state index in [9.17, 15) is 4.79 Å². The van der Waals surface area contributed by atoms with E-state index in [0.717, 1.165) is 26.6 Å². The van der Waals surface area contributed by atoms with Crippen molar-refractivity contribution in [3.63, 3.8) is 0 Å². The van der Waals surface area contributed by atoms with Crippen LogP contribution in [0.5, 0.6) is 0 Å². The molecule has 0 aliphatic rings. The lowest BCUT2D eigenvalue weighted by molar-refractivity contribution is -0.117. The minimum absolute atomic E-state index is 0.0107. The fourth-order valence-corrected chi connectivity index (χ4v) is 3.76. The van der Waals surface area contributed by atoms with Crippen molar-refractivity contribution in [2.75, 3.05) is 5.32 Å². The molecular formula is C22H19N5OS. The summed E-state index contributed by atoms with van der Waals surface area (Å²) in [5.74, 6) is 0.302. The molecule has 0 saturated heterocycles. The first-order valence-electron chi connectivity index (χ1n) is 9.14. The number of carbonyl (C=O) groups is 1. The highest BCUT2D eigenvalue weighted by Gasteiger charge is 2.12. The average molecular weight is 401 g/mol. The van der Waals surface area contributed by atoms with E-state index in [4.69, 9.17) is 0 Å². The molecule has 0 aliphatic heterocycles. The van der Waals surface area contributed by atoms with Gasteiger partial charge in [-0.15, -0.1) is 10.2 Å². The Kier molecular flexibility index (Phi) is 5.67. The number of hydrogen-bond acceptors (Lipinski definition) is 5. The van der Waals surface area contributed by atoms with Crippen LogP contribution < -0.4 is 5.32 Å². The van der Waals surface area contributed by atoms with Crippen LogP contribution in [0.3, 0.4) is 0 Å². The number of amides is 1. The van der Waals surface area contributed by atoms with E-state index >= 15 is 0 Å². The Morgan fingerprint density at radius 1 is 0.966 bits per heavy atom. The fraction of sp³-hybridized carbons (Fsp3) is 0.0909. The molecule has 0 fully saturated rings. The van der Waals surface area contributed by atoms with Crippen LogP contribution in [0.25, 0.3) is 11.4 Å². The van der Waals surface area contributed by atoms with Gasteiger partial charge in [0.2, 0.25) is 11.7 Å². The predicted molar refractivity (Wildman–Crippen MR) is 114 cm³/mol. The summed E-state index contributed by atoms with van der Waals surface area (Å²) >= 11 is 1.60. The van der Waals surface area contributed by atoms with Gasteiger partial charge in [0, 0.05) is 15.4 Å². The van der Waals surface area contributed by atoms with Crippen LogP contribution >= 0.6 is 11.8 Å². The predicted octanol–water partition coefficient (Wildman–Crippen LogP) is 4.44. The monoisotopic (exact) mass is 401 g/mol. The van der Waals surface area contributed by atoms with Crippen LogP contribution in [-0.4, -0.2) is 26.1 Å². The van der Waals surface area contributed by atoms with Crippen LogP contribution in [0.4, 0.5) is 5.69 Å². The number of carbonyl (C=O) groups excluding carboxylic acids is 1. The number of hydrogen-bond donors (Lipinski definition) is 1. The van der Waals surface area contributed by atoms with Crippen molar-refractivity contribution in [3.05, 3.63) is 84.4 Å². The lowest BCUT2D eigenvalue weighted by Gasteiger charge is -2.10. The van der Waals surface area contributed by atoms with Crippen LogP contribution in [0.2, 0.25) is 0 Å². The third-order valence-electron chi connectivity index (χ3n) is 4.26. The topological polar surface area (TPSA) is 72.7 Å². The molecule has 1 heterocycles. The summed E-state index contributed by atoms with van der Waals surface area (Å²) in [7, 11) is 0.